The summed E-state index contributed by atoms with van der Waals surface area (Å²) >= 11 is 3.54. The quantitative estimate of drug-likeness (QED) is 0.878. The van der Waals surface area contributed by atoms with Gasteiger partial charge in [-0.1, -0.05) is 26.3 Å². The van der Waals surface area contributed by atoms with Crippen molar-refractivity contribution in [2.45, 2.75) is 52.1 Å². The van der Waals surface area contributed by atoms with Gasteiger partial charge >= 0.3 is 0 Å². The van der Waals surface area contributed by atoms with Crippen molar-refractivity contribution >= 4 is 15.9 Å². The number of methoxy groups -OCH3 is 1. The van der Waals surface area contributed by atoms with Gasteiger partial charge in [-0.2, -0.15) is 0 Å². The molecule has 0 aliphatic heterocycles. The number of rotatable bonds is 4. The predicted octanol–water partition coefficient (Wildman–Crippen LogP) is 4.52. The van der Waals surface area contributed by atoms with E-state index in [1.807, 2.05) is 6.07 Å². The van der Waals surface area contributed by atoms with Gasteiger partial charge in [-0.15, -0.1) is 0 Å². The van der Waals surface area contributed by atoms with Gasteiger partial charge in [0, 0.05) is 12.6 Å². The molecule has 1 unspecified atom stereocenters. The molecular formula is C16H24BrNO. The number of halogens is 1. The maximum atomic E-state index is 5.25. The minimum absolute atomic E-state index is 0.496. The van der Waals surface area contributed by atoms with Crippen LogP contribution in [0.25, 0.3) is 0 Å². The Balaban J connectivity index is 1.90. The molecule has 1 saturated carbocycles. The number of hydrogen-bond donors (Lipinski definition) is 1. The monoisotopic (exact) mass is 325 g/mol. The molecule has 1 aliphatic rings. The molecular weight excluding hydrogens is 302 g/mol. The lowest BCUT2D eigenvalue weighted by molar-refractivity contribution is 0.198. The first-order valence-electron chi connectivity index (χ1n) is 7.06. The largest absolute Gasteiger partial charge is 0.496 e. The zero-order valence-electron chi connectivity index (χ0n) is 12.1. The van der Waals surface area contributed by atoms with Crippen LogP contribution in [0.5, 0.6) is 5.75 Å². The molecule has 1 aromatic carbocycles. The average Bonchev–Trinajstić information content (AvgIpc) is 2.35. The molecule has 0 heterocycles. The van der Waals surface area contributed by atoms with E-state index in [2.05, 4.69) is 47.2 Å². The fraction of sp³-hybridized carbons (Fsp3) is 0.625. The first-order valence-corrected chi connectivity index (χ1v) is 7.85. The third kappa shape index (κ3) is 4.22. The van der Waals surface area contributed by atoms with Crippen LogP contribution in [0.2, 0.25) is 0 Å². The van der Waals surface area contributed by atoms with Crippen molar-refractivity contribution in [3.05, 3.63) is 28.2 Å². The van der Waals surface area contributed by atoms with E-state index in [0.29, 0.717) is 11.5 Å². The molecule has 0 radical (unpaired) electrons. The highest BCUT2D eigenvalue weighted by molar-refractivity contribution is 9.10. The SMILES string of the molecule is COc1ccc(CNC2CCCC(C)(C)C2)cc1Br. The zero-order chi connectivity index (χ0) is 13.9. The maximum absolute atomic E-state index is 5.25. The van der Waals surface area contributed by atoms with Crippen molar-refractivity contribution in [1.82, 2.24) is 5.32 Å². The molecule has 1 aromatic rings. The van der Waals surface area contributed by atoms with E-state index in [-0.39, 0.29) is 0 Å². The number of hydrogen-bond acceptors (Lipinski definition) is 2. The second-order valence-electron chi connectivity index (χ2n) is 6.31. The number of nitrogens with one attached hydrogen (secondary N) is 1. The van der Waals surface area contributed by atoms with Crippen molar-refractivity contribution < 1.29 is 4.74 Å². The first kappa shape index (κ1) is 14.9. The molecule has 0 bridgehead atoms. The van der Waals surface area contributed by atoms with E-state index in [0.717, 1.165) is 16.8 Å². The Morgan fingerprint density at radius 1 is 1.42 bits per heavy atom. The molecule has 0 aromatic heterocycles. The standard InChI is InChI=1S/C16H24BrNO/c1-16(2)8-4-5-13(10-16)18-11-12-6-7-15(19-3)14(17)9-12/h6-7,9,13,18H,4-5,8,10-11H2,1-3H3. The highest BCUT2D eigenvalue weighted by atomic mass is 79.9. The zero-order valence-corrected chi connectivity index (χ0v) is 13.7. The van der Waals surface area contributed by atoms with E-state index in [9.17, 15) is 0 Å². The van der Waals surface area contributed by atoms with Crippen LogP contribution < -0.4 is 10.1 Å². The summed E-state index contributed by atoms with van der Waals surface area (Å²) in [4.78, 5) is 0. The summed E-state index contributed by atoms with van der Waals surface area (Å²) in [7, 11) is 1.70. The Morgan fingerprint density at radius 2 is 2.21 bits per heavy atom. The van der Waals surface area contributed by atoms with Crippen molar-refractivity contribution in [3.8, 4) is 5.75 Å². The maximum Gasteiger partial charge on any atom is 0.133 e. The van der Waals surface area contributed by atoms with Crippen LogP contribution in [0, 0.1) is 5.41 Å². The second-order valence-corrected chi connectivity index (χ2v) is 7.16. The Labute approximate surface area is 125 Å². The van der Waals surface area contributed by atoms with Gasteiger partial charge in [0.05, 0.1) is 11.6 Å². The van der Waals surface area contributed by atoms with Gasteiger partial charge in [0.1, 0.15) is 5.75 Å². The smallest absolute Gasteiger partial charge is 0.133 e. The van der Waals surface area contributed by atoms with E-state index in [4.69, 9.17) is 4.74 Å². The van der Waals surface area contributed by atoms with Gasteiger partial charge in [-0.05, 0) is 58.3 Å². The van der Waals surface area contributed by atoms with Crippen LogP contribution >= 0.6 is 15.9 Å². The average molecular weight is 326 g/mol. The van der Waals surface area contributed by atoms with Crippen LogP contribution in [0.3, 0.4) is 0 Å². The van der Waals surface area contributed by atoms with E-state index in [1.165, 1.54) is 31.2 Å². The Hall–Kier alpha value is -0.540. The fourth-order valence-electron chi connectivity index (χ4n) is 2.95. The summed E-state index contributed by atoms with van der Waals surface area (Å²) in [5.41, 5.74) is 1.80. The minimum atomic E-state index is 0.496. The number of benzene rings is 1. The van der Waals surface area contributed by atoms with Crippen LogP contribution in [0.1, 0.15) is 45.1 Å². The first-order chi connectivity index (χ1) is 9.00. The van der Waals surface area contributed by atoms with Gasteiger partial charge < -0.3 is 10.1 Å². The molecule has 0 spiro atoms. The third-order valence-electron chi connectivity index (χ3n) is 4.02. The van der Waals surface area contributed by atoms with Crippen LogP contribution in [0.4, 0.5) is 0 Å². The molecule has 19 heavy (non-hydrogen) atoms. The van der Waals surface area contributed by atoms with E-state index in [1.54, 1.807) is 7.11 Å². The molecule has 2 rings (SSSR count). The van der Waals surface area contributed by atoms with Crippen molar-refractivity contribution in [1.29, 1.82) is 0 Å². The second kappa shape index (κ2) is 6.27. The van der Waals surface area contributed by atoms with Gasteiger partial charge in [0.25, 0.3) is 0 Å². The molecule has 1 atom stereocenters. The summed E-state index contributed by atoms with van der Waals surface area (Å²) in [6, 6.07) is 6.95. The highest BCUT2D eigenvalue weighted by Crippen LogP contribution is 2.35. The molecule has 3 heteroatoms. The van der Waals surface area contributed by atoms with Crippen molar-refractivity contribution in [2.75, 3.05) is 7.11 Å². The molecule has 0 amide bonds. The van der Waals surface area contributed by atoms with Gasteiger partial charge in [0.2, 0.25) is 0 Å². The summed E-state index contributed by atoms with van der Waals surface area (Å²) in [5, 5.41) is 3.70. The van der Waals surface area contributed by atoms with Crippen LogP contribution in [-0.2, 0) is 6.54 Å². The fourth-order valence-corrected chi connectivity index (χ4v) is 3.54. The van der Waals surface area contributed by atoms with Gasteiger partial charge in [0.15, 0.2) is 0 Å². The third-order valence-corrected chi connectivity index (χ3v) is 4.64. The Bertz CT molecular complexity index is 431. The minimum Gasteiger partial charge on any atom is -0.496 e. The topological polar surface area (TPSA) is 21.3 Å². The lowest BCUT2D eigenvalue weighted by Gasteiger charge is -2.35. The Morgan fingerprint density at radius 3 is 2.84 bits per heavy atom. The summed E-state index contributed by atoms with van der Waals surface area (Å²) in [6.07, 6.45) is 5.29. The van der Waals surface area contributed by atoms with E-state index >= 15 is 0 Å². The summed E-state index contributed by atoms with van der Waals surface area (Å²) in [5.74, 6) is 0.891. The van der Waals surface area contributed by atoms with Gasteiger partial charge in [-0.25, -0.2) is 0 Å². The molecule has 1 aliphatic carbocycles. The summed E-state index contributed by atoms with van der Waals surface area (Å²) in [6.45, 7) is 5.69. The molecule has 106 valence electrons. The summed E-state index contributed by atoms with van der Waals surface area (Å²) < 4.78 is 6.28. The van der Waals surface area contributed by atoms with Crippen molar-refractivity contribution in [2.24, 2.45) is 5.41 Å². The van der Waals surface area contributed by atoms with Crippen LogP contribution in [-0.4, -0.2) is 13.2 Å². The Kier molecular flexibility index (Phi) is 4.91. The lowest BCUT2D eigenvalue weighted by atomic mass is 9.75. The normalized spacial score (nSPS) is 22.2. The number of ether oxygens (including phenoxy) is 1. The predicted molar refractivity (Wildman–Crippen MR) is 83.6 cm³/mol. The molecule has 1 N–H and O–H groups in total. The van der Waals surface area contributed by atoms with Crippen LogP contribution in [0.15, 0.2) is 22.7 Å². The molecule has 2 nitrogen and oxygen atoms in total. The van der Waals surface area contributed by atoms with E-state index < -0.39 is 0 Å². The lowest BCUT2D eigenvalue weighted by Crippen LogP contribution is -2.36. The van der Waals surface area contributed by atoms with Crippen molar-refractivity contribution in [3.63, 3.8) is 0 Å². The van der Waals surface area contributed by atoms with Gasteiger partial charge in [-0.3, -0.25) is 0 Å². The molecule has 1 fully saturated rings. The molecule has 0 saturated heterocycles. The highest BCUT2D eigenvalue weighted by Gasteiger charge is 2.27.